The van der Waals surface area contributed by atoms with Gasteiger partial charge in [-0.3, -0.25) is 14.5 Å². The minimum absolute atomic E-state index is 0.0542. The number of phenols is 1. The van der Waals surface area contributed by atoms with Crippen LogP contribution in [-0.2, 0) is 21.4 Å². The number of nitrogens with one attached hydrogen (secondary N) is 1. The molecule has 1 saturated carbocycles. The fraction of sp³-hybridized carbons (Fsp3) is 0.481. The van der Waals surface area contributed by atoms with E-state index in [9.17, 15) is 14.7 Å². The van der Waals surface area contributed by atoms with Crippen LogP contribution in [0.2, 0.25) is 0 Å². The van der Waals surface area contributed by atoms with Gasteiger partial charge in [-0.1, -0.05) is 55.8 Å². The fourth-order valence-electron chi connectivity index (χ4n) is 6.16. The molecule has 176 valence electrons. The molecule has 1 heterocycles. The largest absolute Gasteiger partial charge is 0.508 e. The Morgan fingerprint density at radius 1 is 1.15 bits per heavy atom. The van der Waals surface area contributed by atoms with Crippen molar-refractivity contribution in [2.45, 2.75) is 50.5 Å². The van der Waals surface area contributed by atoms with Crippen molar-refractivity contribution in [2.24, 2.45) is 11.8 Å². The maximum Gasteiger partial charge on any atom is 0.322 e. The summed E-state index contributed by atoms with van der Waals surface area (Å²) < 4.78 is 0. The van der Waals surface area contributed by atoms with Gasteiger partial charge in [-0.2, -0.15) is 0 Å². The lowest BCUT2D eigenvalue weighted by Crippen LogP contribution is -2.59. The summed E-state index contributed by atoms with van der Waals surface area (Å²) in [7, 11) is 0. The molecule has 0 aromatic heterocycles. The molecule has 4 rings (SSSR count). The first-order valence-corrected chi connectivity index (χ1v) is 12.0. The zero-order chi connectivity index (χ0) is 23.4. The Morgan fingerprint density at radius 3 is 2.67 bits per heavy atom. The van der Waals surface area contributed by atoms with E-state index >= 15 is 0 Å². The smallest absolute Gasteiger partial charge is 0.322 e. The predicted molar refractivity (Wildman–Crippen MR) is 127 cm³/mol. The quantitative estimate of drug-likeness (QED) is 0.572. The number of aromatic hydroxyl groups is 1. The highest BCUT2D eigenvalue weighted by molar-refractivity contribution is 5.83. The minimum atomic E-state index is -1.03. The molecule has 4 atom stereocenters. The number of fused-ring (bicyclic) bond motifs is 2. The normalized spacial score (nSPS) is 25.8. The molecule has 1 aliphatic carbocycles. The number of likely N-dealkylation sites (tertiary alicyclic amines) is 1. The number of aliphatic carboxylic acids is 1. The molecular formula is C27H34N2O4. The highest BCUT2D eigenvalue weighted by atomic mass is 16.4. The van der Waals surface area contributed by atoms with Crippen molar-refractivity contribution in [2.75, 3.05) is 19.6 Å². The van der Waals surface area contributed by atoms with Crippen LogP contribution >= 0.6 is 0 Å². The van der Waals surface area contributed by atoms with Crippen molar-refractivity contribution in [1.29, 1.82) is 0 Å². The van der Waals surface area contributed by atoms with E-state index in [2.05, 4.69) is 23.2 Å². The molecular weight excluding hydrogens is 416 g/mol. The highest BCUT2D eigenvalue weighted by Gasteiger charge is 2.49. The summed E-state index contributed by atoms with van der Waals surface area (Å²) in [6.45, 7) is 3.47. The van der Waals surface area contributed by atoms with Crippen molar-refractivity contribution in [3.63, 3.8) is 0 Å². The molecule has 33 heavy (non-hydrogen) atoms. The second-order valence-corrected chi connectivity index (χ2v) is 9.70. The molecule has 3 N–H and O–H groups in total. The van der Waals surface area contributed by atoms with Gasteiger partial charge in [0.15, 0.2) is 0 Å². The third-order valence-corrected chi connectivity index (χ3v) is 7.87. The molecule has 0 radical (unpaired) electrons. The van der Waals surface area contributed by atoms with E-state index in [4.69, 9.17) is 5.11 Å². The number of rotatable bonds is 8. The molecule has 6 heteroatoms. The number of carbonyl (C=O) groups is 2. The zero-order valence-corrected chi connectivity index (χ0v) is 19.2. The average molecular weight is 451 g/mol. The summed E-state index contributed by atoms with van der Waals surface area (Å²) in [5.74, 6) is -0.821. The summed E-state index contributed by atoms with van der Waals surface area (Å²) in [5, 5.41) is 21.7. The van der Waals surface area contributed by atoms with Gasteiger partial charge in [0.25, 0.3) is 0 Å². The molecule has 6 nitrogen and oxygen atoms in total. The Labute approximate surface area is 195 Å². The zero-order valence-electron chi connectivity index (χ0n) is 19.2. The first-order chi connectivity index (χ1) is 15.9. The van der Waals surface area contributed by atoms with Crippen LogP contribution in [0.4, 0.5) is 0 Å². The van der Waals surface area contributed by atoms with Crippen LogP contribution in [-0.4, -0.2) is 52.7 Å². The predicted octanol–water partition coefficient (Wildman–Crippen LogP) is 3.58. The number of piperidine rings is 1. The number of benzene rings is 2. The van der Waals surface area contributed by atoms with E-state index in [1.165, 1.54) is 5.56 Å². The van der Waals surface area contributed by atoms with Gasteiger partial charge in [-0.25, -0.2) is 0 Å². The van der Waals surface area contributed by atoms with Gasteiger partial charge >= 0.3 is 5.97 Å². The minimum Gasteiger partial charge on any atom is -0.508 e. The van der Waals surface area contributed by atoms with E-state index in [1.54, 1.807) is 6.07 Å². The van der Waals surface area contributed by atoms with Crippen molar-refractivity contribution < 1.29 is 19.8 Å². The Morgan fingerprint density at radius 2 is 1.94 bits per heavy atom. The van der Waals surface area contributed by atoms with E-state index in [0.29, 0.717) is 30.7 Å². The van der Waals surface area contributed by atoms with E-state index in [-0.39, 0.29) is 23.8 Å². The Balaban J connectivity index is 1.53. The van der Waals surface area contributed by atoms with Crippen LogP contribution in [0.1, 0.15) is 43.7 Å². The molecule has 1 aliphatic heterocycles. The first kappa shape index (κ1) is 23.3. The molecule has 2 fully saturated rings. The number of carboxylic acids is 1. The second kappa shape index (κ2) is 9.96. The van der Waals surface area contributed by atoms with Crippen LogP contribution in [0.15, 0.2) is 54.6 Å². The summed E-state index contributed by atoms with van der Waals surface area (Å²) in [6, 6.07) is 18.0. The Hall–Kier alpha value is -2.86. The molecule has 4 unspecified atom stereocenters. The molecule has 2 aromatic rings. The fourth-order valence-corrected chi connectivity index (χ4v) is 6.16. The molecule has 2 bridgehead atoms. The van der Waals surface area contributed by atoms with E-state index in [1.807, 2.05) is 42.5 Å². The van der Waals surface area contributed by atoms with Crippen molar-refractivity contribution >= 4 is 11.9 Å². The number of hydrogen-bond donors (Lipinski definition) is 3. The monoisotopic (exact) mass is 450 g/mol. The number of amides is 1. The maximum atomic E-state index is 13.0. The van der Waals surface area contributed by atoms with Gasteiger partial charge in [-0.05, 0) is 61.4 Å². The summed E-state index contributed by atoms with van der Waals surface area (Å²) in [6.07, 6.45) is 4.91. The van der Waals surface area contributed by atoms with Crippen molar-refractivity contribution in [3.8, 4) is 5.75 Å². The number of nitrogens with zero attached hydrogens (tertiary/aromatic N) is 1. The van der Waals surface area contributed by atoms with Gasteiger partial charge in [0.1, 0.15) is 12.3 Å². The van der Waals surface area contributed by atoms with E-state index in [0.717, 1.165) is 37.8 Å². The van der Waals surface area contributed by atoms with Gasteiger partial charge < -0.3 is 15.5 Å². The summed E-state index contributed by atoms with van der Waals surface area (Å²) in [4.78, 5) is 26.4. The van der Waals surface area contributed by atoms with Crippen molar-refractivity contribution in [3.05, 3.63) is 65.7 Å². The molecule has 1 saturated heterocycles. The summed E-state index contributed by atoms with van der Waals surface area (Å²) in [5.41, 5.74) is 2.36. The van der Waals surface area contributed by atoms with Crippen molar-refractivity contribution in [1.82, 2.24) is 10.2 Å². The number of carboxylic acid groups (broad SMARTS) is 1. The topological polar surface area (TPSA) is 89.9 Å². The lowest BCUT2D eigenvalue weighted by atomic mass is 9.57. The van der Waals surface area contributed by atoms with Crippen LogP contribution in [0.3, 0.4) is 0 Å². The van der Waals surface area contributed by atoms with Gasteiger partial charge in [0, 0.05) is 18.0 Å². The Kier molecular flexibility index (Phi) is 7.03. The van der Waals surface area contributed by atoms with Crippen LogP contribution in [0.5, 0.6) is 5.75 Å². The molecule has 2 aromatic carbocycles. The highest BCUT2D eigenvalue weighted by Crippen LogP contribution is 2.51. The van der Waals surface area contributed by atoms with Crippen LogP contribution in [0, 0.1) is 11.8 Å². The van der Waals surface area contributed by atoms with Crippen LogP contribution in [0.25, 0.3) is 0 Å². The number of hydrogen-bond acceptors (Lipinski definition) is 4. The third kappa shape index (κ3) is 5.06. The lowest BCUT2D eigenvalue weighted by Gasteiger charge is -2.56. The van der Waals surface area contributed by atoms with Gasteiger partial charge in [0.05, 0.1) is 5.92 Å². The molecule has 2 aliphatic rings. The number of carbonyl (C=O) groups excluding carboxylic acids is 1. The SMILES string of the molecule is CC1C2CCCC1(c1cccc(O)c1)CCN2CC(Cc1ccccc1)C(=O)NCC(=O)O. The Bertz CT molecular complexity index is 979. The maximum absolute atomic E-state index is 13.0. The average Bonchev–Trinajstić information content (AvgIpc) is 2.79. The van der Waals surface area contributed by atoms with E-state index < -0.39 is 5.97 Å². The molecule has 1 amide bonds. The summed E-state index contributed by atoms with van der Waals surface area (Å²) >= 11 is 0. The third-order valence-electron chi connectivity index (χ3n) is 7.87. The van der Waals surface area contributed by atoms with Crippen LogP contribution < -0.4 is 5.32 Å². The standard InChI is InChI=1S/C27H34N2O4/c1-19-24-11-6-12-27(19,22-9-5-10-23(30)16-22)13-14-29(24)18-21(26(33)28-17-25(31)32)15-20-7-3-2-4-8-20/h2-5,7-10,16,19,21,24,30H,6,11-15,17-18H2,1H3,(H,28,33)(H,31,32). The number of phenolic OH excluding ortho intramolecular Hbond substituents is 1. The first-order valence-electron chi connectivity index (χ1n) is 12.0. The van der Waals surface area contributed by atoms with Gasteiger partial charge in [-0.15, -0.1) is 0 Å². The second-order valence-electron chi connectivity index (χ2n) is 9.70. The lowest BCUT2D eigenvalue weighted by molar-refractivity contribution is -0.138. The van der Waals surface area contributed by atoms with Gasteiger partial charge in [0.2, 0.25) is 5.91 Å². The molecule has 0 spiro atoms.